The molecule has 0 fully saturated rings. The zero-order chi connectivity index (χ0) is 28.3. The minimum Gasteiger partial charge on any atom is -0.466 e. The molecule has 0 aliphatic rings. The summed E-state index contributed by atoms with van der Waals surface area (Å²) in [5.41, 5.74) is 6.81. The van der Waals surface area contributed by atoms with Crippen molar-refractivity contribution in [1.29, 1.82) is 0 Å². The SMILES string of the molecule is CCOC(=O)CCNC(=O)C(c1ccc(C)cc1C)N(CC)C(=O)C(CC(N)=O)NC(=O)OC(C)(C)C. The number of likely N-dealkylation sites (N-methyl/N-ethyl adjacent to an activating group) is 1. The maximum atomic E-state index is 13.7. The van der Waals surface area contributed by atoms with Crippen LogP contribution >= 0.6 is 0 Å². The van der Waals surface area contributed by atoms with Crippen molar-refractivity contribution in [1.82, 2.24) is 15.5 Å². The molecule has 0 heterocycles. The predicted molar refractivity (Wildman–Crippen MR) is 137 cm³/mol. The third kappa shape index (κ3) is 10.5. The van der Waals surface area contributed by atoms with Crippen LogP contribution in [0.3, 0.4) is 0 Å². The van der Waals surface area contributed by atoms with Crippen LogP contribution in [0.2, 0.25) is 0 Å². The molecule has 4 N–H and O–H groups in total. The highest BCUT2D eigenvalue weighted by atomic mass is 16.6. The van der Waals surface area contributed by atoms with Gasteiger partial charge >= 0.3 is 12.1 Å². The highest BCUT2D eigenvalue weighted by Crippen LogP contribution is 2.26. The minimum atomic E-state index is -1.35. The summed E-state index contributed by atoms with van der Waals surface area (Å²) in [7, 11) is 0. The van der Waals surface area contributed by atoms with Crippen LogP contribution in [-0.2, 0) is 28.7 Å². The Morgan fingerprint density at radius 3 is 2.24 bits per heavy atom. The minimum absolute atomic E-state index is 0.00565. The Kier molecular flexibility index (Phi) is 12.0. The van der Waals surface area contributed by atoms with Crippen molar-refractivity contribution in [2.45, 2.75) is 79.0 Å². The Bertz CT molecular complexity index is 988. The van der Waals surface area contributed by atoms with Crippen molar-refractivity contribution in [2.24, 2.45) is 5.73 Å². The first-order valence-corrected chi connectivity index (χ1v) is 12.3. The van der Waals surface area contributed by atoms with Crippen molar-refractivity contribution in [3.63, 3.8) is 0 Å². The lowest BCUT2D eigenvalue weighted by atomic mass is 9.96. The Hall–Kier alpha value is -3.63. The van der Waals surface area contributed by atoms with Gasteiger partial charge in [0.05, 0.1) is 19.4 Å². The van der Waals surface area contributed by atoms with E-state index in [1.165, 1.54) is 4.90 Å². The molecule has 0 bridgehead atoms. The van der Waals surface area contributed by atoms with Gasteiger partial charge in [-0.05, 0) is 59.6 Å². The summed E-state index contributed by atoms with van der Waals surface area (Å²) in [5.74, 6) is -2.48. The fourth-order valence-electron chi connectivity index (χ4n) is 3.72. The van der Waals surface area contributed by atoms with Crippen molar-refractivity contribution in [3.05, 3.63) is 34.9 Å². The summed E-state index contributed by atoms with van der Waals surface area (Å²) in [4.78, 5) is 64.2. The normalized spacial score (nSPS) is 12.6. The van der Waals surface area contributed by atoms with Crippen molar-refractivity contribution >= 4 is 29.8 Å². The average molecular weight is 521 g/mol. The van der Waals surface area contributed by atoms with Crippen LogP contribution in [0.1, 0.15) is 70.2 Å². The number of hydrogen-bond acceptors (Lipinski definition) is 7. The molecule has 0 aromatic heterocycles. The monoisotopic (exact) mass is 520 g/mol. The molecule has 206 valence electrons. The Balaban J connectivity index is 3.35. The summed E-state index contributed by atoms with van der Waals surface area (Å²) < 4.78 is 10.1. The van der Waals surface area contributed by atoms with Crippen LogP contribution in [0.15, 0.2) is 18.2 Å². The van der Waals surface area contributed by atoms with E-state index in [9.17, 15) is 24.0 Å². The summed E-state index contributed by atoms with van der Waals surface area (Å²) in [5, 5.41) is 5.11. The summed E-state index contributed by atoms with van der Waals surface area (Å²) in [6, 6.07) is 3.00. The third-order valence-corrected chi connectivity index (χ3v) is 5.23. The van der Waals surface area contributed by atoms with E-state index in [4.69, 9.17) is 15.2 Å². The molecule has 4 amide bonds. The van der Waals surface area contributed by atoms with Crippen LogP contribution < -0.4 is 16.4 Å². The van der Waals surface area contributed by atoms with E-state index in [1.807, 2.05) is 26.0 Å². The Morgan fingerprint density at radius 2 is 1.73 bits per heavy atom. The van der Waals surface area contributed by atoms with E-state index < -0.39 is 53.9 Å². The lowest BCUT2D eigenvalue weighted by molar-refractivity contribution is -0.144. The number of nitrogens with one attached hydrogen (secondary N) is 2. The summed E-state index contributed by atoms with van der Waals surface area (Å²) in [6.07, 6.45) is -1.42. The van der Waals surface area contributed by atoms with Gasteiger partial charge in [-0.2, -0.15) is 0 Å². The fraction of sp³-hybridized carbons (Fsp3) is 0.577. The van der Waals surface area contributed by atoms with E-state index >= 15 is 0 Å². The number of hydrogen-bond donors (Lipinski definition) is 3. The van der Waals surface area contributed by atoms with Crippen LogP contribution in [-0.4, -0.2) is 66.0 Å². The first-order valence-electron chi connectivity index (χ1n) is 12.3. The molecule has 11 nitrogen and oxygen atoms in total. The van der Waals surface area contributed by atoms with E-state index in [1.54, 1.807) is 40.7 Å². The second-order valence-corrected chi connectivity index (χ2v) is 9.60. The number of benzene rings is 1. The number of carbonyl (C=O) groups is 5. The van der Waals surface area contributed by atoms with Gasteiger partial charge in [-0.25, -0.2) is 4.79 Å². The summed E-state index contributed by atoms with van der Waals surface area (Å²) in [6.45, 7) is 12.4. The zero-order valence-electron chi connectivity index (χ0n) is 22.8. The maximum absolute atomic E-state index is 13.7. The molecule has 37 heavy (non-hydrogen) atoms. The molecule has 0 radical (unpaired) electrons. The molecular formula is C26H40N4O7. The fourth-order valence-corrected chi connectivity index (χ4v) is 3.72. The molecule has 2 unspecified atom stereocenters. The zero-order valence-corrected chi connectivity index (χ0v) is 22.8. The van der Waals surface area contributed by atoms with Gasteiger partial charge < -0.3 is 30.7 Å². The second-order valence-electron chi connectivity index (χ2n) is 9.60. The van der Waals surface area contributed by atoms with Crippen LogP contribution in [0.5, 0.6) is 0 Å². The standard InChI is InChI=1S/C26H40N4O7/c1-8-30(24(34)19(15-20(27)31)29-25(35)37-26(5,6)7)22(18-11-10-16(3)14-17(18)4)23(33)28-13-12-21(32)36-9-2/h10-11,14,19,22H,8-9,12-13,15H2,1-7H3,(H2,27,31)(H,28,33)(H,29,35). The molecular weight excluding hydrogens is 480 g/mol. The smallest absolute Gasteiger partial charge is 0.408 e. The van der Waals surface area contributed by atoms with Gasteiger partial charge in [0, 0.05) is 13.1 Å². The van der Waals surface area contributed by atoms with Crippen LogP contribution in [0.4, 0.5) is 4.79 Å². The Morgan fingerprint density at radius 1 is 1.08 bits per heavy atom. The lowest BCUT2D eigenvalue weighted by Gasteiger charge is -2.34. The van der Waals surface area contributed by atoms with E-state index in [-0.39, 0.29) is 26.1 Å². The first kappa shape index (κ1) is 31.4. The number of ether oxygens (including phenoxy) is 2. The summed E-state index contributed by atoms with van der Waals surface area (Å²) >= 11 is 0. The topological polar surface area (TPSA) is 157 Å². The molecule has 11 heteroatoms. The van der Waals surface area contributed by atoms with Crippen molar-refractivity contribution in [2.75, 3.05) is 19.7 Å². The van der Waals surface area contributed by atoms with Crippen LogP contribution in [0.25, 0.3) is 0 Å². The number of amides is 4. The molecule has 0 spiro atoms. The number of aryl methyl sites for hydroxylation is 2. The second kappa shape index (κ2) is 14.2. The van der Waals surface area contributed by atoms with Crippen LogP contribution in [0, 0.1) is 13.8 Å². The molecule has 1 aromatic carbocycles. The largest absolute Gasteiger partial charge is 0.466 e. The molecule has 1 aromatic rings. The number of carbonyl (C=O) groups excluding carboxylic acids is 5. The Labute approximate surface area is 218 Å². The number of esters is 1. The number of rotatable bonds is 12. The molecule has 1 rings (SSSR count). The molecule has 0 aliphatic carbocycles. The van der Waals surface area contributed by atoms with E-state index in [0.29, 0.717) is 5.56 Å². The number of alkyl carbamates (subject to hydrolysis) is 1. The van der Waals surface area contributed by atoms with Gasteiger partial charge in [0.1, 0.15) is 17.7 Å². The highest BCUT2D eigenvalue weighted by molar-refractivity contribution is 5.94. The lowest BCUT2D eigenvalue weighted by Crippen LogP contribution is -2.54. The van der Waals surface area contributed by atoms with E-state index in [0.717, 1.165) is 11.1 Å². The van der Waals surface area contributed by atoms with Crippen molar-refractivity contribution in [3.8, 4) is 0 Å². The third-order valence-electron chi connectivity index (χ3n) is 5.23. The number of primary amides is 1. The number of nitrogens with two attached hydrogens (primary N) is 1. The van der Waals surface area contributed by atoms with Gasteiger partial charge in [-0.1, -0.05) is 23.8 Å². The van der Waals surface area contributed by atoms with Gasteiger partial charge in [0.2, 0.25) is 17.7 Å². The molecule has 2 atom stereocenters. The predicted octanol–water partition coefficient (Wildman–Crippen LogP) is 2.03. The molecule has 0 saturated heterocycles. The quantitative estimate of drug-likeness (QED) is 0.356. The van der Waals surface area contributed by atoms with Gasteiger partial charge in [-0.3, -0.25) is 19.2 Å². The maximum Gasteiger partial charge on any atom is 0.408 e. The van der Waals surface area contributed by atoms with Gasteiger partial charge in [-0.15, -0.1) is 0 Å². The number of nitrogens with zero attached hydrogens (tertiary/aromatic N) is 1. The molecule has 0 saturated carbocycles. The van der Waals surface area contributed by atoms with Crippen molar-refractivity contribution < 1.29 is 33.4 Å². The van der Waals surface area contributed by atoms with Gasteiger partial charge in [0.25, 0.3) is 0 Å². The average Bonchev–Trinajstić information content (AvgIpc) is 2.75. The van der Waals surface area contributed by atoms with Gasteiger partial charge in [0.15, 0.2) is 0 Å². The first-order chi connectivity index (χ1) is 17.2. The van der Waals surface area contributed by atoms with E-state index in [2.05, 4.69) is 10.6 Å². The highest BCUT2D eigenvalue weighted by Gasteiger charge is 2.36. The molecule has 0 aliphatic heterocycles.